The highest BCUT2D eigenvalue weighted by atomic mass is 16.2. The predicted octanol–water partition coefficient (Wildman–Crippen LogP) is 5.07. The average Bonchev–Trinajstić information content (AvgIpc) is 3.21. The molecular weight excluding hydrogens is 727 g/mol. The van der Waals surface area contributed by atoms with E-state index in [9.17, 15) is 14.4 Å². The number of nitrogen functional groups attached to an aromatic ring is 1. The second-order valence-electron chi connectivity index (χ2n) is 13.4. The molecule has 294 valence electrons. The van der Waals surface area contributed by atoms with Crippen molar-refractivity contribution in [2.75, 3.05) is 16.0 Å². The van der Waals surface area contributed by atoms with Crippen LogP contribution in [0.15, 0.2) is 74.8 Å². The van der Waals surface area contributed by atoms with Crippen LogP contribution in [0.25, 0.3) is 34.2 Å². The SMILES string of the molecule is Cc1nc(-c2cncnc2)ncc1N.Cc1nc(-c2cncnc2)ncc1N(C(=O)C(C)C)C(=O)C(C)C.Cc1nc(-c2cncnc2)ncc1NC(=O)C(C)C. The van der Waals surface area contributed by atoms with Crippen molar-refractivity contribution >= 4 is 34.8 Å². The number of imide groups is 1. The summed E-state index contributed by atoms with van der Waals surface area (Å²) in [6.07, 6.45) is 18.9. The lowest BCUT2D eigenvalue weighted by molar-refractivity contribution is -0.129. The molecule has 3 amide bonds. The lowest BCUT2D eigenvalue weighted by Gasteiger charge is -2.25. The normalized spacial score (nSPS) is 10.6. The number of anilines is 3. The van der Waals surface area contributed by atoms with Gasteiger partial charge in [-0.1, -0.05) is 41.5 Å². The fraction of sp³-hybridized carbons (Fsp3) is 0.308. The van der Waals surface area contributed by atoms with Crippen LogP contribution in [0.2, 0.25) is 0 Å². The summed E-state index contributed by atoms with van der Waals surface area (Å²) >= 11 is 0. The summed E-state index contributed by atoms with van der Waals surface area (Å²) in [4.78, 5) is 87.0. The van der Waals surface area contributed by atoms with E-state index in [2.05, 4.69) is 65.1 Å². The van der Waals surface area contributed by atoms with Crippen molar-refractivity contribution in [2.24, 2.45) is 17.8 Å². The van der Waals surface area contributed by atoms with E-state index in [1.807, 2.05) is 27.7 Å². The molecule has 0 aromatic carbocycles. The Bertz CT molecular complexity index is 2250. The highest BCUT2D eigenvalue weighted by Crippen LogP contribution is 2.24. The van der Waals surface area contributed by atoms with Crippen molar-refractivity contribution in [1.29, 1.82) is 0 Å². The number of hydrogen-bond donors (Lipinski definition) is 2. The predicted molar refractivity (Wildman–Crippen MR) is 213 cm³/mol. The van der Waals surface area contributed by atoms with Crippen LogP contribution in [-0.2, 0) is 14.4 Å². The third kappa shape index (κ3) is 11.7. The second kappa shape index (κ2) is 20.0. The molecule has 6 aromatic heterocycles. The molecular formula is C39H45N15O3. The van der Waals surface area contributed by atoms with Crippen molar-refractivity contribution in [3.8, 4) is 34.2 Å². The average molecular weight is 772 g/mol. The molecule has 0 saturated carbocycles. The number of aryl methyl sites for hydroxylation is 3. The molecule has 0 radical (unpaired) electrons. The number of nitrogens with one attached hydrogen (secondary N) is 1. The van der Waals surface area contributed by atoms with Crippen molar-refractivity contribution in [1.82, 2.24) is 59.8 Å². The first-order chi connectivity index (χ1) is 27.2. The Kier molecular flexibility index (Phi) is 15.0. The van der Waals surface area contributed by atoms with Crippen LogP contribution < -0.4 is 16.0 Å². The van der Waals surface area contributed by atoms with Crippen LogP contribution in [-0.4, -0.2) is 77.5 Å². The molecule has 0 saturated heterocycles. The van der Waals surface area contributed by atoms with Gasteiger partial charge in [0.2, 0.25) is 17.7 Å². The zero-order chi connectivity index (χ0) is 41.6. The summed E-state index contributed by atoms with van der Waals surface area (Å²) in [5.74, 6) is 0.295. The van der Waals surface area contributed by atoms with Gasteiger partial charge in [-0.05, 0) is 20.8 Å². The largest absolute Gasteiger partial charge is 0.396 e. The molecule has 6 heterocycles. The van der Waals surface area contributed by atoms with Crippen LogP contribution in [0, 0.1) is 38.5 Å². The van der Waals surface area contributed by atoms with Gasteiger partial charge in [0, 0.05) is 54.9 Å². The molecule has 0 spiro atoms. The number of rotatable bonds is 8. The van der Waals surface area contributed by atoms with Crippen LogP contribution >= 0.6 is 0 Å². The molecule has 57 heavy (non-hydrogen) atoms. The molecule has 0 bridgehead atoms. The number of hydrogen-bond acceptors (Lipinski definition) is 16. The molecule has 0 aliphatic rings. The molecule has 0 aliphatic heterocycles. The first kappa shape index (κ1) is 42.6. The third-order valence-electron chi connectivity index (χ3n) is 7.86. The Morgan fingerprint density at radius 3 is 1.28 bits per heavy atom. The van der Waals surface area contributed by atoms with Gasteiger partial charge in [-0.2, -0.15) is 0 Å². The van der Waals surface area contributed by atoms with Gasteiger partial charge in [0.1, 0.15) is 19.0 Å². The third-order valence-corrected chi connectivity index (χ3v) is 7.86. The van der Waals surface area contributed by atoms with Gasteiger partial charge in [0.05, 0.1) is 69.4 Å². The Morgan fingerprint density at radius 2 is 0.912 bits per heavy atom. The smallest absolute Gasteiger partial charge is 0.236 e. The Labute approximate surface area is 330 Å². The molecule has 18 nitrogen and oxygen atoms in total. The Balaban J connectivity index is 0.000000196. The fourth-order valence-electron chi connectivity index (χ4n) is 4.55. The molecule has 18 heteroatoms. The van der Waals surface area contributed by atoms with E-state index in [0.717, 1.165) is 16.8 Å². The zero-order valence-corrected chi connectivity index (χ0v) is 33.3. The van der Waals surface area contributed by atoms with E-state index < -0.39 is 0 Å². The van der Waals surface area contributed by atoms with Crippen LogP contribution in [0.1, 0.15) is 58.6 Å². The van der Waals surface area contributed by atoms with Gasteiger partial charge in [0.15, 0.2) is 17.5 Å². The Morgan fingerprint density at radius 1 is 0.526 bits per heavy atom. The summed E-state index contributed by atoms with van der Waals surface area (Å²) in [7, 11) is 0. The van der Waals surface area contributed by atoms with E-state index in [1.54, 1.807) is 84.2 Å². The first-order valence-corrected chi connectivity index (χ1v) is 17.9. The van der Waals surface area contributed by atoms with Gasteiger partial charge in [-0.15, -0.1) is 0 Å². The van der Waals surface area contributed by atoms with E-state index in [-0.39, 0.29) is 35.5 Å². The maximum Gasteiger partial charge on any atom is 0.236 e. The summed E-state index contributed by atoms with van der Waals surface area (Å²) < 4.78 is 0. The second-order valence-corrected chi connectivity index (χ2v) is 13.4. The molecule has 0 unspecified atom stereocenters. The highest BCUT2D eigenvalue weighted by molar-refractivity contribution is 6.16. The minimum absolute atomic E-state index is 0.0532. The minimum atomic E-state index is -0.311. The molecule has 0 aliphatic carbocycles. The van der Waals surface area contributed by atoms with E-state index in [1.165, 1.54) is 30.1 Å². The number of amides is 3. The zero-order valence-electron chi connectivity index (χ0n) is 33.3. The number of nitrogens with two attached hydrogens (primary N) is 1. The maximum atomic E-state index is 12.5. The molecule has 6 rings (SSSR count). The van der Waals surface area contributed by atoms with Crippen LogP contribution in [0.3, 0.4) is 0 Å². The van der Waals surface area contributed by atoms with Crippen LogP contribution in [0.5, 0.6) is 0 Å². The summed E-state index contributed by atoms with van der Waals surface area (Å²) in [6, 6.07) is 0. The monoisotopic (exact) mass is 771 g/mol. The van der Waals surface area contributed by atoms with Gasteiger partial charge >= 0.3 is 0 Å². The van der Waals surface area contributed by atoms with Gasteiger partial charge in [-0.25, -0.2) is 64.7 Å². The van der Waals surface area contributed by atoms with Crippen molar-refractivity contribution < 1.29 is 14.4 Å². The molecule has 6 aromatic rings. The fourth-order valence-corrected chi connectivity index (χ4v) is 4.55. The van der Waals surface area contributed by atoms with Gasteiger partial charge < -0.3 is 11.1 Å². The molecule has 3 N–H and O–H groups in total. The van der Waals surface area contributed by atoms with E-state index >= 15 is 0 Å². The first-order valence-electron chi connectivity index (χ1n) is 17.9. The summed E-state index contributed by atoms with van der Waals surface area (Å²) in [5.41, 5.74) is 11.5. The van der Waals surface area contributed by atoms with E-state index in [0.29, 0.717) is 51.5 Å². The maximum absolute atomic E-state index is 12.5. The standard InChI is InChI=1S/C17H21N5O2.C13H15N5O.C9H9N5/c1-10(2)16(23)22(17(24)11(3)4)14-8-20-15(21-12(14)5)13-6-18-9-19-7-13;1-8(2)13(19)18-11-6-16-12(17-9(11)3)10-4-14-7-15-5-10;1-6-8(10)4-13-9(14-6)7-2-11-5-12-3-7/h6-11H,1-5H3;4-8H,1-3H3,(H,18,19);2-5H,10H2,1H3. The van der Waals surface area contributed by atoms with Gasteiger partial charge in [-0.3, -0.25) is 14.4 Å². The minimum Gasteiger partial charge on any atom is -0.396 e. The number of nitrogens with zero attached hydrogens (tertiary/aromatic N) is 13. The number of carbonyl (C=O) groups is 3. The Hall–Kier alpha value is -7.11. The van der Waals surface area contributed by atoms with E-state index in [4.69, 9.17) is 5.73 Å². The highest BCUT2D eigenvalue weighted by Gasteiger charge is 2.29. The summed E-state index contributed by atoms with van der Waals surface area (Å²) in [5, 5.41) is 2.79. The van der Waals surface area contributed by atoms with Gasteiger partial charge in [0.25, 0.3) is 0 Å². The number of aromatic nitrogens is 12. The lowest BCUT2D eigenvalue weighted by atomic mass is 10.1. The lowest BCUT2D eigenvalue weighted by Crippen LogP contribution is -2.42. The quantitative estimate of drug-likeness (QED) is 0.205. The van der Waals surface area contributed by atoms with Crippen molar-refractivity contribution in [2.45, 2.75) is 62.3 Å². The summed E-state index contributed by atoms with van der Waals surface area (Å²) in [6.45, 7) is 16.1. The molecule has 0 fully saturated rings. The van der Waals surface area contributed by atoms with Crippen molar-refractivity contribution in [3.63, 3.8) is 0 Å². The topological polar surface area (TPSA) is 247 Å². The molecule has 0 atom stereocenters. The number of carbonyl (C=O) groups excluding carboxylic acids is 3. The van der Waals surface area contributed by atoms with Crippen molar-refractivity contribution in [3.05, 3.63) is 91.8 Å². The van der Waals surface area contributed by atoms with Crippen LogP contribution in [0.4, 0.5) is 17.1 Å².